The number of nitrogens with two attached hydrogens (primary N) is 1. The Morgan fingerprint density at radius 3 is 2.54 bits per heavy atom. The van der Waals surface area contributed by atoms with E-state index in [2.05, 4.69) is 65.1 Å². The molecule has 2 aliphatic heterocycles. The van der Waals surface area contributed by atoms with E-state index in [0.717, 1.165) is 60.7 Å². The molecule has 1 fully saturated rings. The highest BCUT2D eigenvalue weighted by atomic mass is 16.2. The molecular formula is C29H35N5O. The van der Waals surface area contributed by atoms with Gasteiger partial charge in [0.15, 0.2) is 0 Å². The van der Waals surface area contributed by atoms with Crippen molar-refractivity contribution in [3.05, 3.63) is 72.1 Å². The van der Waals surface area contributed by atoms with Crippen molar-refractivity contribution >= 4 is 23.0 Å². The van der Waals surface area contributed by atoms with Gasteiger partial charge < -0.3 is 16.0 Å². The summed E-state index contributed by atoms with van der Waals surface area (Å²) in [5, 5.41) is 3.06. The van der Waals surface area contributed by atoms with Crippen molar-refractivity contribution in [2.24, 2.45) is 0 Å². The van der Waals surface area contributed by atoms with E-state index in [-0.39, 0.29) is 11.3 Å². The summed E-state index contributed by atoms with van der Waals surface area (Å²) in [5.74, 6) is 0.0764. The first-order valence-electron chi connectivity index (χ1n) is 12.5. The van der Waals surface area contributed by atoms with Gasteiger partial charge in [-0.3, -0.25) is 14.7 Å². The van der Waals surface area contributed by atoms with Crippen LogP contribution in [0.15, 0.2) is 60.8 Å². The van der Waals surface area contributed by atoms with Crippen LogP contribution in [0.3, 0.4) is 0 Å². The Balaban J connectivity index is 1.31. The van der Waals surface area contributed by atoms with Crippen LogP contribution in [-0.2, 0) is 16.8 Å². The fraction of sp³-hybridized carbons (Fsp3) is 0.379. The van der Waals surface area contributed by atoms with Crippen LogP contribution in [0.25, 0.3) is 11.1 Å². The summed E-state index contributed by atoms with van der Waals surface area (Å²) in [6.07, 6.45) is 3.93. The molecular weight excluding hydrogens is 434 g/mol. The second kappa shape index (κ2) is 9.34. The smallest absolute Gasteiger partial charge is 0.238 e. The molecule has 0 aliphatic carbocycles. The number of anilines is 3. The zero-order chi connectivity index (χ0) is 24.6. The number of aromatic nitrogens is 1. The molecule has 1 saturated heterocycles. The monoisotopic (exact) mass is 469 g/mol. The Morgan fingerprint density at radius 2 is 1.77 bits per heavy atom. The number of pyridine rings is 1. The van der Waals surface area contributed by atoms with Crippen molar-refractivity contribution in [3.8, 4) is 11.1 Å². The van der Waals surface area contributed by atoms with Crippen LogP contribution >= 0.6 is 0 Å². The number of para-hydroxylation sites is 1. The normalized spacial score (nSPS) is 17.6. The number of nitrogens with zero attached hydrogens (tertiary/aromatic N) is 3. The third-order valence-corrected chi connectivity index (χ3v) is 7.23. The SMILES string of the molecule is CC(C)(C)c1cc(-c2cc(N3CCC(N4CC(=O)Nc5ccccc5C4)CC3)ccc2N)ccn1. The van der Waals surface area contributed by atoms with Gasteiger partial charge in [-0.05, 0) is 60.4 Å². The summed E-state index contributed by atoms with van der Waals surface area (Å²) in [4.78, 5) is 21.9. The van der Waals surface area contributed by atoms with Crippen molar-refractivity contribution in [1.82, 2.24) is 9.88 Å². The molecule has 0 atom stereocenters. The molecule has 2 aromatic carbocycles. The minimum absolute atomic E-state index is 0.0188. The summed E-state index contributed by atoms with van der Waals surface area (Å²) < 4.78 is 0. The van der Waals surface area contributed by atoms with Crippen molar-refractivity contribution in [2.45, 2.75) is 51.6 Å². The summed E-state index contributed by atoms with van der Waals surface area (Å²) >= 11 is 0. The topological polar surface area (TPSA) is 74.5 Å². The van der Waals surface area contributed by atoms with Gasteiger partial charge >= 0.3 is 0 Å². The number of hydrogen-bond donors (Lipinski definition) is 2. The fourth-order valence-electron chi connectivity index (χ4n) is 5.18. The molecule has 1 aromatic heterocycles. The van der Waals surface area contributed by atoms with Crippen LogP contribution in [-0.4, -0.2) is 41.5 Å². The Bertz CT molecular complexity index is 1220. The van der Waals surface area contributed by atoms with Crippen molar-refractivity contribution in [1.29, 1.82) is 0 Å². The van der Waals surface area contributed by atoms with Gasteiger partial charge in [-0.25, -0.2) is 0 Å². The summed E-state index contributed by atoms with van der Waals surface area (Å²) in [6, 6.07) is 19.1. The first kappa shape index (κ1) is 23.4. The van der Waals surface area contributed by atoms with Crippen molar-refractivity contribution < 1.29 is 4.79 Å². The Kier molecular flexibility index (Phi) is 6.24. The van der Waals surface area contributed by atoms with Gasteiger partial charge in [-0.15, -0.1) is 0 Å². The quantitative estimate of drug-likeness (QED) is 0.525. The van der Waals surface area contributed by atoms with Crippen molar-refractivity contribution in [2.75, 3.05) is 35.6 Å². The molecule has 35 heavy (non-hydrogen) atoms. The Morgan fingerprint density at radius 1 is 1.00 bits per heavy atom. The highest BCUT2D eigenvalue weighted by Crippen LogP contribution is 2.34. The number of benzene rings is 2. The third kappa shape index (κ3) is 5.03. The molecule has 2 aliphatic rings. The van der Waals surface area contributed by atoms with Gasteiger partial charge in [0.2, 0.25) is 5.91 Å². The average Bonchev–Trinajstić information content (AvgIpc) is 3.02. The number of rotatable bonds is 3. The van der Waals surface area contributed by atoms with Gasteiger partial charge in [0.1, 0.15) is 0 Å². The molecule has 3 aromatic rings. The molecule has 1 amide bonds. The predicted molar refractivity (Wildman–Crippen MR) is 144 cm³/mol. The maximum Gasteiger partial charge on any atom is 0.238 e. The predicted octanol–water partition coefficient (Wildman–Crippen LogP) is 5.05. The van der Waals surface area contributed by atoms with E-state index < -0.39 is 0 Å². The van der Waals surface area contributed by atoms with E-state index in [1.807, 2.05) is 36.5 Å². The van der Waals surface area contributed by atoms with Crippen LogP contribution < -0.4 is 16.0 Å². The highest BCUT2D eigenvalue weighted by molar-refractivity contribution is 5.93. The van der Waals surface area contributed by atoms with Crippen LogP contribution in [0.5, 0.6) is 0 Å². The van der Waals surface area contributed by atoms with Gasteiger partial charge in [0, 0.05) is 65.6 Å². The number of amides is 1. The second-order valence-corrected chi connectivity index (χ2v) is 10.8. The number of fused-ring (bicyclic) bond motifs is 1. The molecule has 3 heterocycles. The van der Waals surface area contributed by atoms with E-state index in [1.165, 1.54) is 11.3 Å². The first-order valence-corrected chi connectivity index (χ1v) is 12.5. The third-order valence-electron chi connectivity index (χ3n) is 7.23. The lowest BCUT2D eigenvalue weighted by Gasteiger charge is -2.39. The Labute approximate surface area is 208 Å². The zero-order valence-corrected chi connectivity index (χ0v) is 20.9. The number of carbonyl (C=O) groups excluding carboxylic acids is 1. The molecule has 0 unspecified atom stereocenters. The summed E-state index contributed by atoms with van der Waals surface area (Å²) in [5.41, 5.74) is 13.7. The maximum atomic E-state index is 12.5. The van der Waals surface area contributed by atoms with Gasteiger partial charge in [0.05, 0.1) is 6.54 Å². The molecule has 6 nitrogen and oxygen atoms in total. The average molecular weight is 470 g/mol. The van der Waals surface area contributed by atoms with Crippen LogP contribution in [0.1, 0.15) is 44.9 Å². The zero-order valence-electron chi connectivity index (χ0n) is 20.9. The number of piperidine rings is 1. The fourth-order valence-corrected chi connectivity index (χ4v) is 5.18. The molecule has 0 bridgehead atoms. The lowest BCUT2D eigenvalue weighted by Crippen LogP contribution is -2.46. The van der Waals surface area contributed by atoms with Gasteiger partial charge in [0.25, 0.3) is 0 Å². The van der Waals surface area contributed by atoms with E-state index in [4.69, 9.17) is 5.73 Å². The number of carbonyl (C=O) groups is 1. The van der Waals surface area contributed by atoms with Crippen LogP contribution in [0.2, 0.25) is 0 Å². The summed E-state index contributed by atoms with van der Waals surface area (Å²) in [7, 11) is 0. The molecule has 6 heteroatoms. The largest absolute Gasteiger partial charge is 0.398 e. The summed E-state index contributed by atoms with van der Waals surface area (Å²) in [6.45, 7) is 9.70. The first-order chi connectivity index (χ1) is 16.8. The Hall–Kier alpha value is -3.38. The lowest BCUT2D eigenvalue weighted by atomic mass is 9.89. The number of nitrogen functional groups attached to an aromatic ring is 1. The van der Waals surface area contributed by atoms with Gasteiger partial charge in [-0.2, -0.15) is 0 Å². The van der Waals surface area contributed by atoms with Crippen LogP contribution in [0.4, 0.5) is 17.1 Å². The minimum atomic E-state index is -0.0188. The molecule has 0 saturated carbocycles. The molecule has 3 N–H and O–H groups in total. The van der Waals surface area contributed by atoms with Gasteiger partial charge in [-0.1, -0.05) is 39.0 Å². The van der Waals surface area contributed by atoms with E-state index in [1.54, 1.807) is 0 Å². The molecule has 0 radical (unpaired) electrons. The second-order valence-electron chi connectivity index (χ2n) is 10.8. The van der Waals surface area contributed by atoms with E-state index >= 15 is 0 Å². The van der Waals surface area contributed by atoms with E-state index in [0.29, 0.717) is 12.6 Å². The van der Waals surface area contributed by atoms with E-state index in [9.17, 15) is 4.79 Å². The maximum absolute atomic E-state index is 12.5. The minimum Gasteiger partial charge on any atom is -0.398 e. The molecule has 0 spiro atoms. The van der Waals surface area contributed by atoms with Crippen molar-refractivity contribution in [3.63, 3.8) is 0 Å². The molecule has 182 valence electrons. The van der Waals surface area contributed by atoms with Crippen LogP contribution in [0, 0.1) is 0 Å². The lowest BCUT2D eigenvalue weighted by molar-refractivity contribution is -0.117. The number of nitrogens with one attached hydrogen (secondary N) is 1. The highest BCUT2D eigenvalue weighted by Gasteiger charge is 2.29. The molecule has 5 rings (SSSR count). The number of hydrogen-bond acceptors (Lipinski definition) is 5. The standard InChI is InChI=1S/C29H35N5O/c1-29(2,3)27-16-20(10-13-31-27)24-17-23(8-9-25(24)30)33-14-11-22(12-15-33)34-18-21-6-4-5-7-26(21)32-28(35)19-34/h4-10,13,16-17,22H,11-12,14-15,18-19,30H2,1-3H3,(H,32,35).